The third-order valence-electron chi connectivity index (χ3n) is 6.02. The van der Waals surface area contributed by atoms with Gasteiger partial charge in [0, 0.05) is 32.0 Å². The van der Waals surface area contributed by atoms with Crippen molar-refractivity contribution < 1.29 is 9.13 Å². The molecule has 5 nitrogen and oxygen atoms in total. The van der Waals surface area contributed by atoms with Gasteiger partial charge in [-0.2, -0.15) is 0 Å². The molecule has 6 heteroatoms. The second-order valence-corrected chi connectivity index (χ2v) is 7.87. The number of aryl methyl sites for hydroxylation is 1. The minimum Gasteiger partial charge on any atom is -0.381 e. The average molecular weight is 392 g/mol. The van der Waals surface area contributed by atoms with E-state index in [9.17, 15) is 4.39 Å². The number of anilines is 1. The Morgan fingerprint density at radius 3 is 2.79 bits per heavy atom. The predicted octanol–water partition coefficient (Wildman–Crippen LogP) is 4.19. The van der Waals surface area contributed by atoms with Crippen LogP contribution in [0.4, 0.5) is 10.2 Å². The molecule has 1 aromatic carbocycles. The van der Waals surface area contributed by atoms with Crippen LogP contribution in [-0.2, 0) is 17.6 Å². The summed E-state index contributed by atoms with van der Waals surface area (Å²) in [5.41, 5.74) is 5.36. The van der Waals surface area contributed by atoms with Gasteiger partial charge < -0.3 is 14.6 Å². The molecule has 3 aromatic rings. The normalized spacial score (nSPS) is 21.4. The topological polar surface area (TPSA) is 54.0 Å². The van der Waals surface area contributed by atoms with Gasteiger partial charge in [-0.15, -0.1) is 0 Å². The summed E-state index contributed by atoms with van der Waals surface area (Å²) in [4.78, 5) is 15.2. The Hall–Kier alpha value is -2.73. The maximum Gasteiger partial charge on any atom is 0.142 e. The molecule has 2 atom stereocenters. The smallest absolute Gasteiger partial charge is 0.142 e. The van der Waals surface area contributed by atoms with Gasteiger partial charge in [-0.25, -0.2) is 14.4 Å². The number of H-pyrrole nitrogens is 1. The summed E-state index contributed by atoms with van der Waals surface area (Å²) in [6.07, 6.45) is 4.50. The lowest BCUT2D eigenvalue weighted by atomic mass is 9.98. The molecule has 1 aliphatic heterocycles. The Labute approximate surface area is 170 Å². The number of aromatic amines is 1. The van der Waals surface area contributed by atoms with Gasteiger partial charge in [0.05, 0.1) is 23.9 Å². The third kappa shape index (κ3) is 3.42. The van der Waals surface area contributed by atoms with Crippen molar-refractivity contribution >= 4 is 5.82 Å². The maximum atomic E-state index is 14.0. The molecule has 0 spiro atoms. The van der Waals surface area contributed by atoms with Crippen molar-refractivity contribution in [1.29, 1.82) is 0 Å². The monoisotopic (exact) mass is 392 g/mol. The third-order valence-corrected chi connectivity index (χ3v) is 6.02. The van der Waals surface area contributed by atoms with E-state index >= 15 is 0 Å². The van der Waals surface area contributed by atoms with Crippen LogP contribution in [0.15, 0.2) is 42.6 Å². The molecule has 0 saturated carbocycles. The molecule has 150 valence electrons. The number of hydrogen-bond donors (Lipinski definition) is 1. The first-order valence-corrected chi connectivity index (χ1v) is 10.3. The summed E-state index contributed by atoms with van der Waals surface area (Å²) in [5, 5.41) is 0. The van der Waals surface area contributed by atoms with E-state index in [1.807, 2.05) is 35.4 Å². The zero-order chi connectivity index (χ0) is 19.8. The number of pyridine rings is 1. The van der Waals surface area contributed by atoms with Crippen LogP contribution in [0.2, 0.25) is 0 Å². The van der Waals surface area contributed by atoms with Crippen LogP contribution in [0.5, 0.6) is 0 Å². The summed E-state index contributed by atoms with van der Waals surface area (Å²) in [7, 11) is 1.76. The highest BCUT2D eigenvalue weighted by Gasteiger charge is 2.29. The highest BCUT2D eigenvalue weighted by Crippen LogP contribution is 2.39. The molecule has 1 aliphatic carbocycles. The number of nitrogens with zero attached hydrogens (tertiary/aromatic N) is 3. The van der Waals surface area contributed by atoms with E-state index in [4.69, 9.17) is 9.72 Å². The highest BCUT2D eigenvalue weighted by atomic mass is 19.1. The summed E-state index contributed by atoms with van der Waals surface area (Å²) < 4.78 is 19.5. The molecular weight excluding hydrogens is 367 g/mol. The Bertz CT molecular complexity index is 1000. The lowest BCUT2D eigenvalue weighted by molar-refractivity contribution is 0.0899. The number of hydrogen-bond acceptors (Lipinski definition) is 4. The van der Waals surface area contributed by atoms with Gasteiger partial charge >= 0.3 is 0 Å². The predicted molar refractivity (Wildman–Crippen MR) is 112 cm³/mol. The summed E-state index contributed by atoms with van der Waals surface area (Å²) >= 11 is 0. The fourth-order valence-corrected chi connectivity index (χ4v) is 4.46. The van der Waals surface area contributed by atoms with Gasteiger partial charge in [-0.3, -0.25) is 0 Å². The van der Waals surface area contributed by atoms with E-state index in [-0.39, 0.29) is 6.10 Å². The van der Waals surface area contributed by atoms with E-state index in [1.54, 1.807) is 7.11 Å². The van der Waals surface area contributed by atoms with E-state index in [0.29, 0.717) is 19.5 Å². The van der Waals surface area contributed by atoms with Gasteiger partial charge in [-0.1, -0.05) is 30.3 Å². The van der Waals surface area contributed by atoms with Gasteiger partial charge in [0.25, 0.3) is 0 Å². The minimum atomic E-state index is -0.808. The second kappa shape index (κ2) is 7.59. The number of rotatable bonds is 4. The first kappa shape index (κ1) is 18.3. The lowest BCUT2D eigenvalue weighted by Gasteiger charge is -2.21. The molecule has 1 N–H and O–H groups in total. The highest BCUT2D eigenvalue weighted by molar-refractivity contribution is 5.88. The first-order chi connectivity index (χ1) is 14.2. The summed E-state index contributed by atoms with van der Waals surface area (Å²) in [5.74, 6) is 1.62. The van der Waals surface area contributed by atoms with E-state index in [2.05, 4.69) is 22.1 Å². The number of imidazole rings is 1. The molecule has 0 bridgehead atoms. The quantitative estimate of drug-likeness (QED) is 0.723. The number of ether oxygens (including phenoxy) is 1. The zero-order valence-electron chi connectivity index (χ0n) is 16.6. The number of halogens is 1. The SMILES string of the molecule is COC1CCc2nc(-c3c(-c4ccccc4)ccnc3N3CC[C@H](F)C3)[nH]c2C1. The van der Waals surface area contributed by atoms with Crippen LogP contribution in [0.1, 0.15) is 24.2 Å². The summed E-state index contributed by atoms with van der Waals surface area (Å²) in [6.45, 7) is 1.05. The van der Waals surface area contributed by atoms with Crippen molar-refractivity contribution in [2.24, 2.45) is 0 Å². The Morgan fingerprint density at radius 2 is 2.03 bits per heavy atom. The van der Waals surface area contributed by atoms with E-state index < -0.39 is 6.17 Å². The molecular formula is C23H25FN4O. The number of fused-ring (bicyclic) bond motifs is 1. The fraction of sp³-hybridized carbons (Fsp3) is 0.391. The molecule has 5 rings (SSSR count). The Morgan fingerprint density at radius 1 is 1.17 bits per heavy atom. The van der Waals surface area contributed by atoms with Crippen LogP contribution in [0.25, 0.3) is 22.5 Å². The average Bonchev–Trinajstić information content (AvgIpc) is 3.39. The van der Waals surface area contributed by atoms with Crippen LogP contribution >= 0.6 is 0 Å². The number of aromatic nitrogens is 3. The maximum absolute atomic E-state index is 14.0. The molecule has 0 radical (unpaired) electrons. The standard InChI is InChI=1S/C23H25FN4O/c1-29-17-7-8-19-20(13-17)27-22(26-19)21-18(15-5-3-2-4-6-15)9-11-25-23(21)28-12-10-16(24)14-28/h2-6,9,11,16-17H,7-8,10,12-14H2,1H3,(H,26,27)/t16-,17?/m0/s1. The Balaban J connectivity index is 1.65. The molecule has 0 amide bonds. The van der Waals surface area contributed by atoms with Crippen LogP contribution in [-0.4, -0.2) is 47.4 Å². The molecule has 2 aliphatic rings. The van der Waals surface area contributed by atoms with Gasteiger partial charge in [0.1, 0.15) is 17.8 Å². The summed E-state index contributed by atoms with van der Waals surface area (Å²) in [6, 6.07) is 12.3. The van der Waals surface area contributed by atoms with Gasteiger partial charge in [0.15, 0.2) is 0 Å². The minimum absolute atomic E-state index is 0.226. The molecule has 1 unspecified atom stereocenters. The number of nitrogens with one attached hydrogen (secondary N) is 1. The number of methoxy groups -OCH3 is 1. The molecule has 1 fully saturated rings. The molecule has 3 heterocycles. The van der Waals surface area contributed by atoms with E-state index in [0.717, 1.165) is 59.0 Å². The lowest BCUT2D eigenvalue weighted by Crippen LogP contribution is -2.22. The van der Waals surface area contributed by atoms with Gasteiger partial charge in [-0.05, 0) is 36.5 Å². The largest absolute Gasteiger partial charge is 0.381 e. The van der Waals surface area contributed by atoms with Crippen molar-refractivity contribution in [2.45, 2.75) is 38.0 Å². The van der Waals surface area contributed by atoms with Crippen LogP contribution in [0, 0.1) is 0 Å². The van der Waals surface area contributed by atoms with Crippen molar-refractivity contribution in [3.63, 3.8) is 0 Å². The number of benzene rings is 1. The van der Waals surface area contributed by atoms with Crippen molar-refractivity contribution in [2.75, 3.05) is 25.1 Å². The van der Waals surface area contributed by atoms with Crippen molar-refractivity contribution in [1.82, 2.24) is 15.0 Å². The van der Waals surface area contributed by atoms with Crippen LogP contribution in [0.3, 0.4) is 0 Å². The second-order valence-electron chi connectivity index (χ2n) is 7.87. The molecule has 1 saturated heterocycles. The van der Waals surface area contributed by atoms with Crippen LogP contribution < -0.4 is 4.90 Å². The molecule has 2 aromatic heterocycles. The number of alkyl halides is 1. The van der Waals surface area contributed by atoms with E-state index in [1.165, 1.54) is 0 Å². The van der Waals surface area contributed by atoms with Gasteiger partial charge in [0.2, 0.25) is 0 Å². The van der Waals surface area contributed by atoms with Crippen molar-refractivity contribution in [3.05, 3.63) is 54.0 Å². The Kier molecular flexibility index (Phi) is 4.79. The zero-order valence-corrected chi connectivity index (χ0v) is 16.6. The fourth-order valence-electron chi connectivity index (χ4n) is 4.46. The van der Waals surface area contributed by atoms with Crippen molar-refractivity contribution in [3.8, 4) is 22.5 Å². The first-order valence-electron chi connectivity index (χ1n) is 10.3. The molecule has 29 heavy (non-hydrogen) atoms.